The molecule has 3 rings (SSSR count). The van der Waals surface area contributed by atoms with Gasteiger partial charge in [0.05, 0.1) is 32.5 Å². The van der Waals surface area contributed by atoms with Crippen LogP contribution in [0.4, 0.5) is 0 Å². The minimum atomic E-state index is -0.528. The van der Waals surface area contributed by atoms with Crippen molar-refractivity contribution in [3.05, 3.63) is 65.7 Å². The van der Waals surface area contributed by atoms with Crippen molar-refractivity contribution in [1.29, 1.82) is 0 Å². The Kier molecular flexibility index (Phi) is 5.28. The summed E-state index contributed by atoms with van der Waals surface area (Å²) >= 11 is 0. The molecule has 1 heterocycles. The van der Waals surface area contributed by atoms with Gasteiger partial charge in [0, 0.05) is 6.42 Å². The fraction of sp³-hybridized carbons (Fsp3) is 0.368. The van der Waals surface area contributed by atoms with E-state index in [1.165, 1.54) is 0 Å². The van der Waals surface area contributed by atoms with E-state index in [-0.39, 0.29) is 12.2 Å². The number of benzene rings is 2. The number of hydrogen-bond donors (Lipinski definition) is 1. The van der Waals surface area contributed by atoms with Gasteiger partial charge in [-0.15, -0.1) is 0 Å². The van der Waals surface area contributed by atoms with Crippen molar-refractivity contribution in [1.82, 2.24) is 0 Å². The van der Waals surface area contributed by atoms with Gasteiger partial charge in [-0.05, 0) is 23.3 Å². The van der Waals surface area contributed by atoms with E-state index in [0.717, 1.165) is 16.9 Å². The standard InChI is InChI=1S/C19H22O4/c1-21-16-9-7-15(8-10-16)18-11-17(20)19(13-23-18)22-12-14-5-3-2-4-6-14/h2-10,17-20H,11-13H2,1H3/t17-,18+,19-/m1/s1. The third-order valence-electron chi connectivity index (χ3n) is 4.14. The summed E-state index contributed by atoms with van der Waals surface area (Å²) in [6, 6.07) is 17.7. The smallest absolute Gasteiger partial charge is 0.118 e. The lowest BCUT2D eigenvalue weighted by Gasteiger charge is -2.33. The summed E-state index contributed by atoms with van der Waals surface area (Å²) in [6.45, 7) is 0.879. The second-order valence-electron chi connectivity index (χ2n) is 5.73. The monoisotopic (exact) mass is 314 g/mol. The highest BCUT2D eigenvalue weighted by Crippen LogP contribution is 2.30. The van der Waals surface area contributed by atoms with E-state index < -0.39 is 6.10 Å². The second kappa shape index (κ2) is 7.59. The van der Waals surface area contributed by atoms with Crippen LogP contribution in [-0.4, -0.2) is 31.0 Å². The molecule has 2 aromatic rings. The van der Waals surface area contributed by atoms with Gasteiger partial charge in [-0.25, -0.2) is 0 Å². The molecule has 0 radical (unpaired) electrons. The zero-order valence-corrected chi connectivity index (χ0v) is 13.2. The van der Waals surface area contributed by atoms with Crippen LogP contribution in [0.2, 0.25) is 0 Å². The molecule has 1 fully saturated rings. The average molecular weight is 314 g/mol. The number of rotatable bonds is 5. The maximum Gasteiger partial charge on any atom is 0.118 e. The molecule has 1 aliphatic rings. The normalized spacial score (nSPS) is 24.3. The van der Waals surface area contributed by atoms with E-state index in [2.05, 4.69) is 0 Å². The molecule has 4 nitrogen and oxygen atoms in total. The molecule has 1 aliphatic heterocycles. The number of methoxy groups -OCH3 is 1. The second-order valence-corrected chi connectivity index (χ2v) is 5.73. The molecule has 0 saturated carbocycles. The summed E-state index contributed by atoms with van der Waals surface area (Å²) < 4.78 is 16.8. The van der Waals surface area contributed by atoms with Crippen molar-refractivity contribution in [3.8, 4) is 5.75 Å². The Bertz CT molecular complexity index is 597. The topological polar surface area (TPSA) is 47.9 Å². The predicted octanol–water partition coefficient (Wildman–Crippen LogP) is 3.10. The van der Waals surface area contributed by atoms with Gasteiger partial charge in [0.15, 0.2) is 0 Å². The van der Waals surface area contributed by atoms with Crippen LogP contribution in [0.5, 0.6) is 5.75 Å². The van der Waals surface area contributed by atoms with E-state index in [1.54, 1.807) is 7.11 Å². The van der Waals surface area contributed by atoms with Crippen LogP contribution < -0.4 is 4.74 Å². The average Bonchev–Trinajstić information content (AvgIpc) is 2.61. The summed E-state index contributed by atoms with van der Waals surface area (Å²) in [7, 11) is 1.64. The summed E-state index contributed by atoms with van der Waals surface area (Å²) in [5.41, 5.74) is 2.14. The Morgan fingerprint density at radius 1 is 1.09 bits per heavy atom. The summed E-state index contributed by atoms with van der Waals surface area (Å²) in [4.78, 5) is 0. The Labute approximate surface area is 136 Å². The number of aliphatic hydroxyl groups is 1. The van der Waals surface area contributed by atoms with Crippen LogP contribution in [0.25, 0.3) is 0 Å². The SMILES string of the molecule is COc1ccc([C@@H]2C[C@@H](O)[C@H](OCc3ccccc3)CO2)cc1. The van der Waals surface area contributed by atoms with E-state index in [4.69, 9.17) is 14.2 Å². The first-order chi connectivity index (χ1) is 11.3. The van der Waals surface area contributed by atoms with Gasteiger partial charge in [-0.3, -0.25) is 0 Å². The zero-order chi connectivity index (χ0) is 16.1. The summed E-state index contributed by atoms with van der Waals surface area (Å²) in [6.07, 6.45) is -0.386. The quantitative estimate of drug-likeness (QED) is 0.921. The molecule has 0 spiro atoms. The molecule has 3 atom stereocenters. The lowest BCUT2D eigenvalue weighted by Crippen LogP contribution is -2.40. The molecule has 1 N–H and O–H groups in total. The minimum absolute atomic E-state index is 0.104. The van der Waals surface area contributed by atoms with Gasteiger partial charge in [0.2, 0.25) is 0 Å². The lowest BCUT2D eigenvalue weighted by molar-refractivity contribution is -0.151. The molecule has 4 heteroatoms. The van der Waals surface area contributed by atoms with E-state index in [0.29, 0.717) is 19.6 Å². The highest BCUT2D eigenvalue weighted by Gasteiger charge is 2.31. The molecule has 2 aromatic carbocycles. The van der Waals surface area contributed by atoms with Crippen molar-refractivity contribution < 1.29 is 19.3 Å². The Morgan fingerprint density at radius 3 is 2.48 bits per heavy atom. The molecule has 0 aromatic heterocycles. The van der Waals surface area contributed by atoms with Gasteiger partial charge >= 0.3 is 0 Å². The Balaban J connectivity index is 1.54. The number of aliphatic hydroxyl groups excluding tert-OH is 1. The first kappa shape index (κ1) is 16.0. The van der Waals surface area contributed by atoms with Crippen LogP contribution in [0.1, 0.15) is 23.7 Å². The van der Waals surface area contributed by atoms with Crippen molar-refractivity contribution in [3.63, 3.8) is 0 Å². The van der Waals surface area contributed by atoms with Gasteiger partial charge in [-0.1, -0.05) is 42.5 Å². The van der Waals surface area contributed by atoms with Gasteiger partial charge in [0.25, 0.3) is 0 Å². The van der Waals surface area contributed by atoms with Gasteiger partial charge in [-0.2, -0.15) is 0 Å². The highest BCUT2D eigenvalue weighted by atomic mass is 16.6. The molecule has 1 saturated heterocycles. The van der Waals surface area contributed by atoms with Crippen molar-refractivity contribution >= 4 is 0 Å². The third-order valence-corrected chi connectivity index (χ3v) is 4.14. The number of hydrogen-bond acceptors (Lipinski definition) is 4. The van der Waals surface area contributed by atoms with Gasteiger partial charge in [0.1, 0.15) is 11.9 Å². The van der Waals surface area contributed by atoms with Crippen LogP contribution in [0, 0.1) is 0 Å². The maximum atomic E-state index is 10.3. The molecule has 23 heavy (non-hydrogen) atoms. The summed E-state index contributed by atoms with van der Waals surface area (Å²) in [5.74, 6) is 0.814. The van der Waals surface area contributed by atoms with Crippen molar-refractivity contribution in [2.45, 2.75) is 31.3 Å². The highest BCUT2D eigenvalue weighted by molar-refractivity contribution is 5.28. The molecule has 0 bridgehead atoms. The molecule has 0 aliphatic carbocycles. The Morgan fingerprint density at radius 2 is 1.83 bits per heavy atom. The third kappa shape index (κ3) is 4.10. The molecular weight excluding hydrogens is 292 g/mol. The molecule has 122 valence electrons. The zero-order valence-electron chi connectivity index (χ0n) is 13.2. The summed E-state index contributed by atoms with van der Waals surface area (Å²) in [5, 5.41) is 10.3. The van der Waals surface area contributed by atoms with Crippen LogP contribution in [-0.2, 0) is 16.1 Å². The maximum absolute atomic E-state index is 10.3. The van der Waals surface area contributed by atoms with Gasteiger partial charge < -0.3 is 19.3 Å². The van der Waals surface area contributed by atoms with E-state index in [9.17, 15) is 5.11 Å². The fourth-order valence-corrected chi connectivity index (χ4v) is 2.75. The number of ether oxygens (including phenoxy) is 3. The van der Waals surface area contributed by atoms with Crippen LogP contribution in [0.15, 0.2) is 54.6 Å². The van der Waals surface area contributed by atoms with Crippen molar-refractivity contribution in [2.24, 2.45) is 0 Å². The van der Waals surface area contributed by atoms with E-state index in [1.807, 2.05) is 54.6 Å². The fourth-order valence-electron chi connectivity index (χ4n) is 2.75. The Hall–Kier alpha value is -1.88. The molecule has 0 unspecified atom stereocenters. The first-order valence-corrected chi connectivity index (χ1v) is 7.85. The molecule has 0 amide bonds. The lowest BCUT2D eigenvalue weighted by atomic mass is 9.97. The van der Waals surface area contributed by atoms with Crippen LogP contribution >= 0.6 is 0 Å². The van der Waals surface area contributed by atoms with E-state index >= 15 is 0 Å². The van der Waals surface area contributed by atoms with Crippen molar-refractivity contribution in [2.75, 3.05) is 13.7 Å². The predicted molar refractivity (Wildman–Crippen MR) is 87.3 cm³/mol. The molecular formula is C19H22O4. The minimum Gasteiger partial charge on any atom is -0.497 e. The van der Waals surface area contributed by atoms with Crippen LogP contribution in [0.3, 0.4) is 0 Å². The first-order valence-electron chi connectivity index (χ1n) is 7.85. The largest absolute Gasteiger partial charge is 0.497 e.